The third kappa shape index (κ3) is 10.5. The van der Waals surface area contributed by atoms with Crippen molar-refractivity contribution in [1.82, 2.24) is 35.4 Å². The second-order valence-corrected chi connectivity index (χ2v) is 21.7. The van der Waals surface area contributed by atoms with Crippen LogP contribution in [0.5, 0.6) is 0 Å². The molecule has 0 bridgehead atoms. The third-order valence-electron chi connectivity index (χ3n) is 16.1. The number of hydrogen-bond donors (Lipinski definition) is 4. The van der Waals surface area contributed by atoms with Gasteiger partial charge in [-0.25, -0.2) is 19.3 Å². The molecule has 5 aromatic rings. The first-order valence-corrected chi connectivity index (χ1v) is 26.8. The molecule has 0 saturated carbocycles. The molecular weight excluding hydrogens is 993 g/mol. The molecule has 394 valence electrons. The molecule has 1 unspecified atom stereocenters. The molecule has 4 saturated heterocycles. The summed E-state index contributed by atoms with van der Waals surface area (Å²) in [6.45, 7) is 7.43. The second kappa shape index (κ2) is 21.5. The van der Waals surface area contributed by atoms with Gasteiger partial charge in [0.15, 0.2) is 0 Å². The molecule has 5 N–H and O–H groups in total. The Morgan fingerprint density at radius 3 is 2.43 bits per heavy atom. The Balaban J connectivity index is 0.622. The number of rotatable bonds is 12. The zero-order valence-corrected chi connectivity index (χ0v) is 42.9. The van der Waals surface area contributed by atoms with Crippen LogP contribution in [0.4, 0.5) is 26.0 Å². The number of amides is 5. The lowest BCUT2D eigenvalue weighted by atomic mass is 9.73. The van der Waals surface area contributed by atoms with E-state index >= 15 is 8.78 Å². The Labute approximate surface area is 443 Å². The minimum Gasteiger partial charge on any atom is -0.376 e. The quantitative estimate of drug-likeness (QED) is 0.0796. The number of piperidine rings is 3. The fourth-order valence-corrected chi connectivity index (χ4v) is 12.3. The number of hydrogen-bond acceptors (Lipinski definition) is 14. The van der Waals surface area contributed by atoms with Crippen molar-refractivity contribution in [2.75, 3.05) is 61.0 Å². The molecule has 3 atom stereocenters. The number of ether oxygens (including phenoxy) is 1. The highest BCUT2D eigenvalue weighted by Crippen LogP contribution is 2.42. The van der Waals surface area contributed by atoms with Gasteiger partial charge in [-0.3, -0.25) is 34.2 Å². The number of fused-ring (bicyclic) bond motifs is 1. The van der Waals surface area contributed by atoms with Gasteiger partial charge in [0.1, 0.15) is 22.7 Å². The standard InChI is InChI=1S/C56H59F2N11O6S/c1-33-50(59)56(32-75-33)17-23-68(24-18-56)47-29-61-49(30-60-47)76-40-4-2-3-38(27-40)63-52(71)36-6-10-45(43(57)26-36)67-21-15-39(16-22-67)66-19-13-35(14-20-66)44-9-8-42(51(58)64-44)53(72)62-28-34-5-7-41-37(25-34)31-69(55(41)74)46-11-12-48(70)65-54(46)73/h2-10,13,25-27,29-30,33,39,46,50H,11-12,14-24,28,31-32,59H2,1H3,(H,62,72)(H,63,71)(H,65,70,73)/t33-,46?,50+/m0/s1. The van der Waals surface area contributed by atoms with Crippen LogP contribution in [0.3, 0.4) is 0 Å². The topological polar surface area (TPSA) is 208 Å². The molecule has 6 aliphatic rings. The summed E-state index contributed by atoms with van der Waals surface area (Å²) in [4.78, 5) is 86.1. The lowest BCUT2D eigenvalue weighted by Crippen LogP contribution is -2.52. The number of aromatic nitrogens is 3. The SMILES string of the molecule is C[C@@H]1OCC2(CCN(c3cnc(Sc4cccc(NC(=O)c5ccc(N6CCC(N7CC=C(c8ccc(C(=O)NCc9ccc%10c(c9)CN(C9CCC(=O)NC9=O)C%10=O)c(F)n8)CC7)CC6)c(F)c5)c4)cn3)CC2)[C@@H]1N. The van der Waals surface area contributed by atoms with E-state index in [1.165, 1.54) is 28.8 Å². The Morgan fingerprint density at radius 1 is 0.895 bits per heavy atom. The van der Waals surface area contributed by atoms with Gasteiger partial charge in [-0.1, -0.05) is 36.0 Å². The van der Waals surface area contributed by atoms with Gasteiger partial charge in [0.25, 0.3) is 17.7 Å². The molecule has 0 aliphatic carbocycles. The van der Waals surface area contributed by atoms with Gasteiger partial charge < -0.3 is 35.8 Å². The Morgan fingerprint density at radius 2 is 1.72 bits per heavy atom. The predicted molar refractivity (Wildman–Crippen MR) is 281 cm³/mol. The summed E-state index contributed by atoms with van der Waals surface area (Å²) in [5.74, 6) is -2.67. The van der Waals surface area contributed by atoms with Gasteiger partial charge in [0.05, 0.1) is 42.0 Å². The summed E-state index contributed by atoms with van der Waals surface area (Å²) in [5, 5.41) is 8.69. The molecule has 17 nitrogen and oxygen atoms in total. The van der Waals surface area contributed by atoms with Crippen LogP contribution in [0.15, 0.2) is 101 Å². The number of anilines is 3. The fourth-order valence-electron chi connectivity index (χ4n) is 11.6. The van der Waals surface area contributed by atoms with Crippen LogP contribution in [-0.4, -0.2) is 124 Å². The van der Waals surface area contributed by atoms with E-state index in [2.05, 4.69) is 48.7 Å². The van der Waals surface area contributed by atoms with E-state index in [-0.39, 0.29) is 72.5 Å². The molecule has 0 radical (unpaired) electrons. The number of nitrogens with two attached hydrogens (primary N) is 1. The average Bonchev–Trinajstić information content (AvgIpc) is 3.91. The maximum atomic E-state index is 15.7. The summed E-state index contributed by atoms with van der Waals surface area (Å²) in [6.07, 6.45) is 10.3. The highest BCUT2D eigenvalue weighted by molar-refractivity contribution is 7.99. The number of carbonyl (C=O) groups excluding carboxylic acids is 5. The smallest absolute Gasteiger partial charge is 0.256 e. The van der Waals surface area contributed by atoms with Crippen LogP contribution in [-0.2, 0) is 27.4 Å². The van der Waals surface area contributed by atoms with Crippen molar-refractivity contribution in [3.05, 3.63) is 137 Å². The summed E-state index contributed by atoms with van der Waals surface area (Å²) in [7, 11) is 0. The molecule has 5 amide bonds. The largest absolute Gasteiger partial charge is 0.376 e. The van der Waals surface area contributed by atoms with Crippen molar-refractivity contribution >= 4 is 64.1 Å². The Bertz CT molecular complexity index is 3130. The van der Waals surface area contributed by atoms with Crippen molar-refractivity contribution < 1.29 is 37.5 Å². The van der Waals surface area contributed by atoms with Crippen molar-refractivity contribution in [2.45, 2.75) is 99.1 Å². The fraction of sp³-hybridized carbons (Fsp3) is 0.393. The Hall–Kier alpha value is -7.13. The monoisotopic (exact) mass is 1050 g/mol. The summed E-state index contributed by atoms with van der Waals surface area (Å²) >= 11 is 1.44. The molecule has 4 fully saturated rings. The number of benzene rings is 3. The minimum atomic E-state index is -0.872. The highest BCUT2D eigenvalue weighted by Gasteiger charge is 2.48. The summed E-state index contributed by atoms with van der Waals surface area (Å²) in [5.41, 5.74) is 10.8. The lowest BCUT2D eigenvalue weighted by molar-refractivity contribution is -0.136. The van der Waals surface area contributed by atoms with E-state index in [4.69, 9.17) is 15.5 Å². The normalized spacial score (nSPS) is 21.9. The maximum absolute atomic E-state index is 15.7. The van der Waals surface area contributed by atoms with Crippen molar-refractivity contribution in [3.63, 3.8) is 0 Å². The van der Waals surface area contributed by atoms with E-state index in [1.54, 1.807) is 54.9 Å². The molecule has 6 aliphatic heterocycles. The maximum Gasteiger partial charge on any atom is 0.256 e. The Kier molecular flexibility index (Phi) is 14.4. The van der Waals surface area contributed by atoms with Crippen LogP contribution in [0.2, 0.25) is 0 Å². The lowest BCUT2D eigenvalue weighted by Gasteiger charge is -2.41. The third-order valence-corrected chi connectivity index (χ3v) is 17.0. The van der Waals surface area contributed by atoms with Crippen molar-refractivity contribution in [2.24, 2.45) is 11.1 Å². The number of carbonyl (C=O) groups is 5. The predicted octanol–water partition coefficient (Wildman–Crippen LogP) is 6.34. The van der Waals surface area contributed by atoms with E-state index in [1.807, 2.05) is 23.1 Å². The van der Waals surface area contributed by atoms with Crippen LogP contribution in [0, 0.1) is 17.2 Å². The second-order valence-electron chi connectivity index (χ2n) is 20.7. The number of nitrogens with zero attached hydrogens (tertiary/aromatic N) is 7. The van der Waals surface area contributed by atoms with Crippen LogP contribution >= 0.6 is 11.8 Å². The van der Waals surface area contributed by atoms with E-state index < -0.39 is 35.5 Å². The minimum absolute atomic E-state index is 0.0332. The molecular formula is C56H59F2N11O6S. The highest BCUT2D eigenvalue weighted by atomic mass is 32.2. The number of halogens is 2. The number of pyridine rings is 1. The number of nitrogens with one attached hydrogen (secondary N) is 3. The zero-order chi connectivity index (χ0) is 52.7. The van der Waals surface area contributed by atoms with Gasteiger partial charge in [-0.2, -0.15) is 4.39 Å². The molecule has 20 heteroatoms. The van der Waals surface area contributed by atoms with Crippen LogP contribution < -0.4 is 31.5 Å². The van der Waals surface area contributed by atoms with Gasteiger partial charge in [0, 0.05) is 98.0 Å². The van der Waals surface area contributed by atoms with Gasteiger partial charge >= 0.3 is 0 Å². The first-order valence-electron chi connectivity index (χ1n) is 26.0. The van der Waals surface area contributed by atoms with Gasteiger partial charge in [-0.15, -0.1) is 0 Å². The van der Waals surface area contributed by atoms with E-state index in [9.17, 15) is 24.0 Å². The van der Waals surface area contributed by atoms with E-state index in [0.29, 0.717) is 66.4 Å². The molecule has 8 heterocycles. The first kappa shape index (κ1) is 51.0. The molecule has 2 aromatic heterocycles. The van der Waals surface area contributed by atoms with Crippen molar-refractivity contribution in [3.8, 4) is 0 Å². The first-order chi connectivity index (χ1) is 36.8. The van der Waals surface area contributed by atoms with Crippen LogP contribution in [0.1, 0.15) is 99.8 Å². The summed E-state index contributed by atoms with van der Waals surface area (Å²) in [6, 6.07) is 19.9. The van der Waals surface area contributed by atoms with Crippen LogP contribution in [0.25, 0.3) is 5.57 Å². The molecule has 76 heavy (non-hydrogen) atoms. The van der Waals surface area contributed by atoms with Gasteiger partial charge in [-0.05, 0) is 117 Å². The van der Waals surface area contributed by atoms with Crippen molar-refractivity contribution in [1.29, 1.82) is 0 Å². The van der Waals surface area contributed by atoms with Gasteiger partial charge in [0.2, 0.25) is 17.8 Å². The summed E-state index contributed by atoms with van der Waals surface area (Å²) < 4.78 is 37.0. The molecule has 3 aromatic carbocycles. The van der Waals surface area contributed by atoms with E-state index in [0.717, 1.165) is 66.6 Å². The molecule has 1 spiro atoms. The number of imide groups is 1. The average molecular weight is 1050 g/mol. The zero-order valence-electron chi connectivity index (χ0n) is 42.1. The molecule has 11 rings (SSSR count).